The van der Waals surface area contributed by atoms with Crippen LogP contribution in [-0.4, -0.2) is 49.4 Å². The Morgan fingerprint density at radius 2 is 1.26 bits per heavy atom. The second kappa shape index (κ2) is 10.9. The van der Waals surface area contributed by atoms with Crippen LogP contribution in [0.25, 0.3) is 28.0 Å². The van der Waals surface area contributed by atoms with Gasteiger partial charge in [0.1, 0.15) is 12.7 Å². The number of aromatic nitrogens is 10. The van der Waals surface area contributed by atoms with Gasteiger partial charge in [0, 0.05) is 0 Å². The fraction of sp³-hybridized carbons (Fsp3) is 0. The third-order valence-corrected chi connectivity index (χ3v) is 4.78. The fourth-order valence-corrected chi connectivity index (χ4v) is 3.27. The first-order chi connectivity index (χ1) is 16.9. The van der Waals surface area contributed by atoms with Crippen LogP contribution in [0.5, 0.6) is 0 Å². The van der Waals surface area contributed by atoms with Gasteiger partial charge in [0.15, 0.2) is 5.95 Å². The molecule has 0 fully saturated rings. The third kappa shape index (κ3) is 6.06. The van der Waals surface area contributed by atoms with E-state index in [9.17, 15) is 0 Å². The van der Waals surface area contributed by atoms with Crippen molar-refractivity contribution < 1.29 is 0 Å². The minimum Gasteiger partial charge on any atom is -0.369 e. The Morgan fingerprint density at radius 3 is 1.89 bits per heavy atom. The van der Waals surface area contributed by atoms with E-state index in [1.165, 1.54) is 12.7 Å². The molecule has 4 heterocycles. The van der Waals surface area contributed by atoms with E-state index >= 15 is 0 Å². The van der Waals surface area contributed by atoms with Gasteiger partial charge in [0.05, 0.1) is 22.1 Å². The van der Waals surface area contributed by atoms with Crippen molar-refractivity contribution in [1.82, 2.24) is 49.4 Å². The van der Waals surface area contributed by atoms with E-state index in [-0.39, 0.29) is 15.9 Å². The maximum Gasteiger partial charge on any atom is 0.241 e. The first kappa shape index (κ1) is 24.0. The third-order valence-electron chi connectivity index (χ3n) is 4.24. The second-order valence-electron chi connectivity index (χ2n) is 6.51. The van der Waals surface area contributed by atoms with Crippen LogP contribution in [0.3, 0.4) is 0 Å². The molecule has 15 heteroatoms. The molecule has 6 rings (SSSR count). The van der Waals surface area contributed by atoms with Crippen molar-refractivity contribution in [3.05, 3.63) is 77.0 Å². The molecule has 6 aromatic rings. The Bertz CT molecular complexity index is 1530. The highest BCUT2D eigenvalue weighted by atomic mass is 35.5. The lowest BCUT2D eigenvalue weighted by Crippen LogP contribution is -2.05. The van der Waals surface area contributed by atoms with Crippen molar-refractivity contribution in [2.24, 2.45) is 0 Å². The average molecular weight is 530 g/mol. The topological polar surface area (TPSA) is 176 Å². The van der Waals surface area contributed by atoms with Gasteiger partial charge in [-0.15, -0.1) is 0 Å². The molecular weight excluding hydrogens is 515 g/mol. The summed E-state index contributed by atoms with van der Waals surface area (Å²) < 4.78 is 1.63. The molecule has 176 valence electrons. The summed E-state index contributed by atoms with van der Waals surface area (Å²) in [4.78, 5) is 33.4. The number of nitrogens with zero attached hydrogens (tertiary/aromatic N) is 9. The number of hydrogen-bond acceptors (Lipinski definition) is 10. The zero-order valence-corrected chi connectivity index (χ0v) is 19.9. The lowest BCUT2D eigenvalue weighted by atomic mass is 10.3. The van der Waals surface area contributed by atoms with Crippen LogP contribution in [0.1, 0.15) is 0 Å². The minimum absolute atomic E-state index is 0.116. The number of H-pyrrole nitrogens is 1. The van der Waals surface area contributed by atoms with Gasteiger partial charge in [0.25, 0.3) is 0 Å². The minimum atomic E-state index is 0.116. The van der Waals surface area contributed by atoms with Crippen molar-refractivity contribution in [3.63, 3.8) is 0 Å². The number of benzene rings is 2. The molecule has 0 spiro atoms. The lowest BCUT2D eigenvalue weighted by Gasteiger charge is -2.03. The number of fused-ring (bicyclic) bond motifs is 2. The van der Waals surface area contributed by atoms with E-state index < -0.39 is 0 Å². The zero-order valence-electron chi connectivity index (χ0n) is 17.6. The number of anilines is 2. The normalized spacial score (nSPS) is 10.4. The maximum absolute atomic E-state index is 5.84. The number of nitrogens with two attached hydrogens (primary N) is 2. The molecule has 0 aliphatic heterocycles. The average Bonchev–Trinajstić information content (AvgIpc) is 3.37. The first-order valence-electron chi connectivity index (χ1n) is 9.69. The highest BCUT2D eigenvalue weighted by molar-refractivity contribution is 6.30. The molecule has 0 aliphatic carbocycles. The molecule has 0 saturated heterocycles. The molecule has 35 heavy (non-hydrogen) atoms. The Labute approximate surface area is 212 Å². The van der Waals surface area contributed by atoms with E-state index in [4.69, 9.17) is 46.3 Å². The number of nitrogens with one attached hydrogen (secondary N) is 1. The molecule has 0 amide bonds. The van der Waals surface area contributed by atoms with Crippen molar-refractivity contribution >= 4 is 68.8 Å². The Morgan fingerprint density at radius 1 is 0.657 bits per heavy atom. The monoisotopic (exact) mass is 528 g/mol. The van der Waals surface area contributed by atoms with E-state index in [1.54, 1.807) is 4.57 Å². The van der Waals surface area contributed by atoms with Gasteiger partial charge in [0.2, 0.25) is 27.7 Å². The lowest BCUT2D eigenvalue weighted by molar-refractivity contribution is 0.921. The largest absolute Gasteiger partial charge is 0.369 e. The van der Waals surface area contributed by atoms with Gasteiger partial charge in [-0.05, 0) is 59.1 Å². The van der Waals surface area contributed by atoms with Gasteiger partial charge in [-0.3, -0.25) is 0 Å². The highest BCUT2D eigenvalue weighted by Gasteiger charge is 2.11. The molecule has 0 radical (unpaired) electrons. The summed E-state index contributed by atoms with van der Waals surface area (Å²) in [5.41, 5.74) is 14.8. The van der Waals surface area contributed by atoms with Crippen LogP contribution in [0.2, 0.25) is 15.9 Å². The smallest absolute Gasteiger partial charge is 0.241 e. The van der Waals surface area contributed by atoms with Crippen molar-refractivity contribution in [1.29, 1.82) is 0 Å². The Kier molecular flexibility index (Phi) is 7.45. The SMILES string of the molecule is Clc1ncnc(Cl)n1.Nc1nc2ccccc2[nH]1.Nc1nc2ccccc2n1-c1ncnc(Cl)n1. The quantitative estimate of drug-likeness (QED) is 0.284. The molecule has 12 nitrogen and oxygen atoms in total. The molecule has 4 aromatic heterocycles. The van der Waals surface area contributed by atoms with Crippen LogP contribution >= 0.6 is 34.8 Å². The van der Waals surface area contributed by atoms with Crippen molar-refractivity contribution in [3.8, 4) is 5.95 Å². The number of para-hydroxylation sites is 4. The van der Waals surface area contributed by atoms with Crippen LogP contribution in [0.15, 0.2) is 61.2 Å². The number of nitrogen functional groups attached to an aromatic ring is 2. The Hall–Kier alpha value is -4.13. The van der Waals surface area contributed by atoms with Crippen LogP contribution < -0.4 is 11.5 Å². The number of halogens is 3. The number of hydrogen-bond donors (Lipinski definition) is 3. The highest BCUT2D eigenvalue weighted by Crippen LogP contribution is 2.20. The van der Waals surface area contributed by atoms with Crippen molar-refractivity contribution in [2.75, 3.05) is 11.5 Å². The van der Waals surface area contributed by atoms with Gasteiger partial charge in [-0.2, -0.15) is 9.97 Å². The number of imidazole rings is 2. The summed E-state index contributed by atoms with van der Waals surface area (Å²) in [6, 6.07) is 15.3. The predicted octanol–water partition coefficient (Wildman–Crippen LogP) is 3.77. The van der Waals surface area contributed by atoms with E-state index in [2.05, 4.69) is 44.9 Å². The zero-order chi connectivity index (χ0) is 24.8. The summed E-state index contributed by atoms with van der Waals surface area (Å²) in [5.74, 6) is 1.14. The van der Waals surface area contributed by atoms with Crippen molar-refractivity contribution in [2.45, 2.75) is 0 Å². The molecule has 0 atom stereocenters. The van der Waals surface area contributed by atoms with Gasteiger partial charge in [-0.1, -0.05) is 24.3 Å². The molecule has 2 aromatic carbocycles. The summed E-state index contributed by atoms with van der Waals surface area (Å²) in [5, 5.41) is 0.349. The molecule has 0 unspecified atom stereocenters. The van der Waals surface area contributed by atoms with Gasteiger partial charge >= 0.3 is 0 Å². The van der Waals surface area contributed by atoms with Gasteiger partial charge in [-0.25, -0.2) is 34.5 Å². The molecule has 0 aliphatic rings. The standard InChI is InChI=1S/C10H7ClN6.C7H7N3.C3HCl2N3/c11-8-13-5-14-10(16-8)17-7-4-2-1-3-6(7)15-9(17)12;8-7-9-5-3-1-2-4-6(5)10-7;4-2-6-1-7-3(5)8-2/h1-5H,(H2,12,15);1-4H,(H3,8,9,10);1H. The molecule has 0 bridgehead atoms. The Balaban J connectivity index is 0.000000136. The van der Waals surface area contributed by atoms with E-state index in [0.29, 0.717) is 17.8 Å². The summed E-state index contributed by atoms with van der Waals surface area (Å²) >= 11 is 16.3. The maximum atomic E-state index is 5.84. The fourth-order valence-electron chi connectivity index (χ4n) is 2.86. The van der Waals surface area contributed by atoms with E-state index in [0.717, 1.165) is 22.1 Å². The van der Waals surface area contributed by atoms with E-state index in [1.807, 2.05) is 48.5 Å². The van der Waals surface area contributed by atoms with Crippen LogP contribution in [0.4, 0.5) is 11.9 Å². The summed E-state index contributed by atoms with van der Waals surface area (Å²) in [7, 11) is 0. The number of aromatic amines is 1. The molecular formula is C20H15Cl3N12. The first-order valence-corrected chi connectivity index (χ1v) is 10.8. The molecule has 5 N–H and O–H groups in total. The second-order valence-corrected chi connectivity index (χ2v) is 7.53. The van der Waals surface area contributed by atoms with Gasteiger partial charge < -0.3 is 16.5 Å². The van der Waals surface area contributed by atoms with Crippen LogP contribution in [-0.2, 0) is 0 Å². The predicted molar refractivity (Wildman–Crippen MR) is 134 cm³/mol. The summed E-state index contributed by atoms with van der Waals surface area (Å²) in [6.07, 6.45) is 2.58. The van der Waals surface area contributed by atoms with Crippen LogP contribution in [0, 0.1) is 0 Å². The molecule has 0 saturated carbocycles. The number of rotatable bonds is 1. The summed E-state index contributed by atoms with van der Waals surface area (Å²) in [6.45, 7) is 0.